The van der Waals surface area contributed by atoms with E-state index in [1.807, 2.05) is 26.8 Å². The number of hydrogen-bond donors (Lipinski definition) is 2. The Kier molecular flexibility index (Phi) is 9.13. The molecule has 1 aromatic carbocycles. The van der Waals surface area contributed by atoms with Crippen molar-refractivity contribution in [3.63, 3.8) is 0 Å². The van der Waals surface area contributed by atoms with Gasteiger partial charge in [-0.1, -0.05) is 13.0 Å². The van der Waals surface area contributed by atoms with Crippen molar-refractivity contribution in [3.05, 3.63) is 51.9 Å². The molecule has 37 heavy (non-hydrogen) atoms. The van der Waals surface area contributed by atoms with Crippen LogP contribution in [0.3, 0.4) is 0 Å². The fourth-order valence-electron chi connectivity index (χ4n) is 4.79. The molecule has 1 saturated heterocycles. The number of H-pyrrole nitrogens is 1. The molecule has 1 fully saturated rings. The van der Waals surface area contributed by atoms with E-state index < -0.39 is 6.04 Å². The van der Waals surface area contributed by atoms with Gasteiger partial charge in [0, 0.05) is 50.7 Å². The number of rotatable bonds is 11. The van der Waals surface area contributed by atoms with Crippen molar-refractivity contribution in [2.75, 3.05) is 26.9 Å². The van der Waals surface area contributed by atoms with Gasteiger partial charge in [-0.25, -0.2) is 4.98 Å². The second kappa shape index (κ2) is 12.5. The molecule has 200 valence electrons. The first-order valence-electron chi connectivity index (χ1n) is 13.1. The molecule has 0 radical (unpaired) electrons. The maximum atomic E-state index is 12.5. The van der Waals surface area contributed by atoms with E-state index in [0.717, 1.165) is 60.6 Å². The van der Waals surface area contributed by atoms with Crippen molar-refractivity contribution in [2.45, 2.75) is 65.3 Å². The highest BCUT2D eigenvalue weighted by Gasteiger charge is 2.22. The molecule has 1 unspecified atom stereocenters. The number of pyridine rings is 1. The van der Waals surface area contributed by atoms with Crippen LogP contribution in [0.4, 0.5) is 0 Å². The molecule has 0 bridgehead atoms. The van der Waals surface area contributed by atoms with Gasteiger partial charge in [0.15, 0.2) is 0 Å². The number of hydrogen-bond acceptors (Lipinski definition) is 7. The molecule has 4 rings (SSSR count). The Labute approximate surface area is 217 Å². The van der Waals surface area contributed by atoms with Gasteiger partial charge in [0.1, 0.15) is 18.0 Å². The highest BCUT2D eigenvalue weighted by Crippen LogP contribution is 2.28. The van der Waals surface area contributed by atoms with Crippen molar-refractivity contribution >= 4 is 17.0 Å². The molecule has 2 atom stereocenters. The maximum Gasteiger partial charge on any atom is 0.323 e. The highest BCUT2D eigenvalue weighted by atomic mass is 16.6. The molecule has 3 heterocycles. The number of aryl methyl sites for hydroxylation is 1. The van der Waals surface area contributed by atoms with Crippen molar-refractivity contribution < 1.29 is 19.0 Å². The van der Waals surface area contributed by atoms with Gasteiger partial charge in [0.2, 0.25) is 0 Å². The standard InChI is InChI=1S/C28H38N4O5/c1-5-23(28(34)37-19(3)17-35-4)29-14-21-6-7-25-24(13-21)31-26(22-12-18(2)27(33)30-15-22)32(25)16-20-8-10-36-11-9-20/h6-7,12-13,15,19-20,23,29H,5,8-11,14,16-17H2,1-4H3,(H,30,33)/t19?,23-/m0/s1. The van der Waals surface area contributed by atoms with Crippen LogP contribution in [0.2, 0.25) is 0 Å². The summed E-state index contributed by atoms with van der Waals surface area (Å²) in [7, 11) is 1.59. The van der Waals surface area contributed by atoms with Gasteiger partial charge in [-0.15, -0.1) is 0 Å². The average Bonchev–Trinajstić information content (AvgIpc) is 3.24. The van der Waals surface area contributed by atoms with Crippen LogP contribution in [-0.4, -0.2) is 59.6 Å². The molecule has 1 aliphatic rings. The lowest BCUT2D eigenvalue weighted by atomic mass is 10.00. The van der Waals surface area contributed by atoms with Gasteiger partial charge in [0.25, 0.3) is 5.56 Å². The second-order valence-electron chi connectivity index (χ2n) is 9.87. The third-order valence-electron chi connectivity index (χ3n) is 6.91. The fraction of sp³-hybridized carbons (Fsp3) is 0.536. The number of nitrogens with one attached hydrogen (secondary N) is 2. The Morgan fingerprint density at radius 2 is 2.08 bits per heavy atom. The van der Waals surface area contributed by atoms with Crippen LogP contribution < -0.4 is 10.9 Å². The molecule has 1 aliphatic heterocycles. The number of imidazole rings is 1. The SMILES string of the molecule is CC[C@H](NCc1ccc2c(c1)nc(-c1c[nH]c(=O)c(C)c1)n2CC1CCOCC1)C(=O)OC(C)COC. The lowest BCUT2D eigenvalue weighted by molar-refractivity contribution is -0.153. The van der Waals surface area contributed by atoms with Crippen LogP contribution in [0, 0.1) is 12.8 Å². The van der Waals surface area contributed by atoms with Crippen molar-refractivity contribution in [1.82, 2.24) is 19.9 Å². The summed E-state index contributed by atoms with van der Waals surface area (Å²) in [5, 5.41) is 3.33. The van der Waals surface area contributed by atoms with E-state index in [0.29, 0.717) is 31.1 Å². The predicted molar refractivity (Wildman–Crippen MR) is 142 cm³/mol. The van der Waals surface area contributed by atoms with Gasteiger partial charge in [0.05, 0.1) is 17.6 Å². The van der Waals surface area contributed by atoms with Crippen molar-refractivity contribution in [2.24, 2.45) is 5.92 Å². The maximum absolute atomic E-state index is 12.5. The lowest BCUT2D eigenvalue weighted by Gasteiger charge is -2.23. The number of benzene rings is 1. The summed E-state index contributed by atoms with van der Waals surface area (Å²) in [6.45, 7) is 8.88. The Bertz CT molecular complexity index is 1260. The van der Waals surface area contributed by atoms with Gasteiger partial charge in [-0.3, -0.25) is 9.59 Å². The minimum absolute atomic E-state index is 0.0928. The van der Waals surface area contributed by atoms with E-state index in [4.69, 9.17) is 19.2 Å². The summed E-state index contributed by atoms with van der Waals surface area (Å²) in [6.07, 6.45) is 4.10. The molecular weight excluding hydrogens is 472 g/mol. The first-order valence-corrected chi connectivity index (χ1v) is 13.1. The Morgan fingerprint density at radius 3 is 2.78 bits per heavy atom. The molecule has 0 amide bonds. The van der Waals surface area contributed by atoms with E-state index in [-0.39, 0.29) is 17.6 Å². The first kappa shape index (κ1) is 27.0. The molecule has 2 N–H and O–H groups in total. The third-order valence-corrected chi connectivity index (χ3v) is 6.91. The number of aromatic nitrogens is 3. The minimum atomic E-state index is -0.402. The largest absolute Gasteiger partial charge is 0.459 e. The zero-order chi connectivity index (χ0) is 26.4. The number of carbonyl (C=O) groups excluding carboxylic acids is 1. The lowest BCUT2D eigenvalue weighted by Crippen LogP contribution is -2.39. The molecule has 0 spiro atoms. The Balaban J connectivity index is 1.58. The number of carbonyl (C=O) groups is 1. The molecule has 0 saturated carbocycles. The smallest absolute Gasteiger partial charge is 0.323 e. The molecule has 9 heteroatoms. The monoisotopic (exact) mass is 510 g/mol. The molecule has 9 nitrogen and oxygen atoms in total. The Morgan fingerprint density at radius 1 is 1.30 bits per heavy atom. The molecule has 3 aromatic rings. The summed E-state index contributed by atoms with van der Waals surface area (Å²) in [5.74, 6) is 1.07. The molecule has 2 aromatic heterocycles. The number of esters is 1. The number of methoxy groups -OCH3 is 1. The van der Waals surface area contributed by atoms with Crippen LogP contribution in [0.5, 0.6) is 0 Å². The van der Waals surface area contributed by atoms with Gasteiger partial charge in [-0.2, -0.15) is 0 Å². The topological polar surface area (TPSA) is 107 Å². The predicted octanol–water partition coefficient (Wildman–Crippen LogP) is 3.57. The quantitative estimate of drug-likeness (QED) is 0.380. The summed E-state index contributed by atoms with van der Waals surface area (Å²) in [4.78, 5) is 32.4. The summed E-state index contributed by atoms with van der Waals surface area (Å²) >= 11 is 0. The third kappa shape index (κ3) is 6.66. The molecular formula is C28H38N4O5. The first-order chi connectivity index (χ1) is 17.9. The average molecular weight is 511 g/mol. The summed E-state index contributed by atoms with van der Waals surface area (Å²) in [5.41, 5.74) is 4.42. The van der Waals surface area contributed by atoms with E-state index in [1.54, 1.807) is 13.3 Å². The van der Waals surface area contributed by atoms with E-state index in [9.17, 15) is 9.59 Å². The number of nitrogens with zero attached hydrogens (tertiary/aromatic N) is 2. The van der Waals surface area contributed by atoms with Gasteiger partial charge < -0.3 is 29.1 Å². The van der Waals surface area contributed by atoms with Crippen LogP contribution in [0.25, 0.3) is 22.4 Å². The van der Waals surface area contributed by atoms with Gasteiger partial charge >= 0.3 is 5.97 Å². The van der Waals surface area contributed by atoms with Crippen molar-refractivity contribution in [1.29, 1.82) is 0 Å². The highest BCUT2D eigenvalue weighted by molar-refractivity contribution is 5.81. The number of fused-ring (bicyclic) bond motifs is 1. The van der Waals surface area contributed by atoms with E-state index in [1.165, 1.54) is 0 Å². The zero-order valence-electron chi connectivity index (χ0n) is 22.2. The van der Waals surface area contributed by atoms with Crippen LogP contribution in [0.1, 0.15) is 44.2 Å². The van der Waals surface area contributed by atoms with E-state index in [2.05, 4.69) is 33.1 Å². The van der Waals surface area contributed by atoms with Crippen molar-refractivity contribution in [3.8, 4) is 11.4 Å². The van der Waals surface area contributed by atoms with E-state index >= 15 is 0 Å². The van der Waals surface area contributed by atoms with Crippen LogP contribution in [-0.2, 0) is 32.1 Å². The Hall–Kier alpha value is -3.01. The van der Waals surface area contributed by atoms with Crippen LogP contribution in [0.15, 0.2) is 35.3 Å². The van der Waals surface area contributed by atoms with Gasteiger partial charge in [-0.05, 0) is 62.8 Å². The fourth-order valence-corrected chi connectivity index (χ4v) is 4.79. The molecule has 0 aliphatic carbocycles. The normalized spacial score (nSPS) is 16.1. The number of aromatic amines is 1. The zero-order valence-corrected chi connectivity index (χ0v) is 22.2. The summed E-state index contributed by atoms with van der Waals surface area (Å²) in [6, 6.07) is 7.73. The minimum Gasteiger partial charge on any atom is -0.459 e. The number of ether oxygens (including phenoxy) is 3. The van der Waals surface area contributed by atoms with Crippen LogP contribution >= 0.6 is 0 Å². The second-order valence-corrected chi connectivity index (χ2v) is 9.87. The summed E-state index contributed by atoms with van der Waals surface area (Å²) < 4.78 is 18.4.